The molecule has 0 unspecified atom stereocenters. The second kappa shape index (κ2) is 10.1. The second-order valence-electron chi connectivity index (χ2n) is 7.97. The molecular formula is C22H30N2O3S2. The summed E-state index contributed by atoms with van der Waals surface area (Å²) < 4.78 is 6.25. The van der Waals surface area contributed by atoms with Crippen LogP contribution in [0.15, 0.2) is 24.3 Å². The molecule has 0 aromatic heterocycles. The molecule has 0 atom stereocenters. The third-order valence-electron chi connectivity index (χ3n) is 5.99. The molecule has 0 radical (unpaired) electrons. The van der Waals surface area contributed by atoms with Crippen LogP contribution < -0.4 is 4.74 Å². The van der Waals surface area contributed by atoms with Crippen molar-refractivity contribution in [3.8, 4) is 5.75 Å². The normalized spacial score (nSPS) is 21.4. The van der Waals surface area contributed by atoms with Crippen LogP contribution in [0.1, 0.15) is 42.2 Å². The fraction of sp³-hybridized carbons (Fsp3) is 0.636. The summed E-state index contributed by atoms with van der Waals surface area (Å²) in [7, 11) is 0. The summed E-state index contributed by atoms with van der Waals surface area (Å²) in [6, 6.07) is 8.17. The summed E-state index contributed by atoms with van der Waals surface area (Å²) in [5, 5.41) is 0. The molecule has 7 heteroatoms. The SMILES string of the molecule is O=C(COc1ccc(C2SCCCS2)cc1)N1CCN(C(=O)C2CCCC2)CC1. The van der Waals surface area contributed by atoms with Crippen LogP contribution in [-0.4, -0.2) is 65.9 Å². The second-order valence-corrected chi connectivity index (χ2v) is 10.7. The van der Waals surface area contributed by atoms with Gasteiger partial charge in [-0.15, -0.1) is 23.5 Å². The van der Waals surface area contributed by atoms with Crippen molar-refractivity contribution in [3.05, 3.63) is 29.8 Å². The van der Waals surface area contributed by atoms with Crippen LogP contribution in [0, 0.1) is 5.92 Å². The van der Waals surface area contributed by atoms with E-state index in [2.05, 4.69) is 12.1 Å². The number of thioether (sulfide) groups is 2. The molecule has 2 heterocycles. The number of hydrogen-bond donors (Lipinski definition) is 0. The minimum Gasteiger partial charge on any atom is -0.484 e. The van der Waals surface area contributed by atoms with Crippen LogP contribution in [0.2, 0.25) is 0 Å². The molecule has 1 aromatic carbocycles. The fourth-order valence-electron chi connectivity index (χ4n) is 4.24. The Morgan fingerprint density at radius 1 is 0.897 bits per heavy atom. The van der Waals surface area contributed by atoms with Gasteiger partial charge in [0.2, 0.25) is 5.91 Å². The summed E-state index contributed by atoms with van der Waals surface area (Å²) in [4.78, 5) is 28.8. The number of rotatable bonds is 5. The Morgan fingerprint density at radius 3 is 2.17 bits per heavy atom. The summed E-state index contributed by atoms with van der Waals surface area (Å²) in [5.74, 6) is 3.70. The van der Waals surface area contributed by atoms with Crippen molar-refractivity contribution in [3.63, 3.8) is 0 Å². The molecule has 2 aliphatic heterocycles. The first-order valence-corrected chi connectivity index (χ1v) is 12.8. The van der Waals surface area contributed by atoms with Crippen LogP contribution in [0.4, 0.5) is 0 Å². The Morgan fingerprint density at radius 2 is 1.52 bits per heavy atom. The highest BCUT2D eigenvalue weighted by atomic mass is 32.2. The molecule has 4 rings (SSSR count). The zero-order chi connectivity index (χ0) is 20.1. The van der Waals surface area contributed by atoms with E-state index in [1.807, 2.05) is 45.5 Å². The van der Waals surface area contributed by atoms with E-state index in [1.165, 1.54) is 36.3 Å². The average molecular weight is 435 g/mol. The molecule has 29 heavy (non-hydrogen) atoms. The molecule has 3 aliphatic rings. The lowest BCUT2D eigenvalue weighted by Crippen LogP contribution is -2.52. The Kier molecular flexibility index (Phi) is 7.29. The molecule has 2 saturated heterocycles. The number of benzene rings is 1. The predicted molar refractivity (Wildman–Crippen MR) is 119 cm³/mol. The van der Waals surface area contributed by atoms with Gasteiger partial charge in [-0.1, -0.05) is 25.0 Å². The Balaban J connectivity index is 1.20. The first-order chi connectivity index (χ1) is 14.2. The maximum atomic E-state index is 12.5. The molecule has 5 nitrogen and oxygen atoms in total. The number of piperazine rings is 1. The zero-order valence-electron chi connectivity index (χ0n) is 16.9. The Labute approximate surface area is 181 Å². The summed E-state index contributed by atoms with van der Waals surface area (Å²) >= 11 is 4.01. The van der Waals surface area contributed by atoms with Crippen molar-refractivity contribution in [2.75, 3.05) is 44.3 Å². The van der Waals surface area contributed by atoms with Crippen LogP contribution >= 0.6 is 23.5 Å². The number of carbonyl (C=O) groups excluding carboxylic acids is 2. The fourth-order valence-corrected chi connectivity index (χ4v) is 7.14. The predicted octanol–water partition coefficient (Wildman–Crippen LogP) is 3.80. The van der Waals surface area contributed by atoms with Gasteiger partial charge in [0.1, 0.15) is 5.75 Å². The average Bonchev–Trinajstić information content (AvgIpc) is 3.33. The van der Waals surface area contributed by atoms with Crippen LogP contribution in [0.25, 0.3) is 0 Å². The van der Waals surface area contributed by atoms with Crippen LogP contribution in [0.5, 0.6) is 5.75 Å². The van der Waals surface area contributed by atoms with Crippen molar-refractivity contribution in [2.45, 2.75) is 36.7 Å². The van der Waals surface area contributed by atoms with Gasteiger partial charge in [0.25, 0.3) is 5.91 Å². The van der Waals surface area contributed by atoms with E-state index >= 15 is 0 Å². The molecule has 0 spiro atoms. The van der Waals surface area contributed by atoms with Crippen molar-refractivity contribution in [1.29, 1.82) is 0 Å². The van der Waals surface area contributed by atoms with E-state index in [1.54, 1.807) is 0 Å². The maximum absolute atomic E-state index is 12.5. The van der Waals surface area contributed by atoms with Crippen molar-refractivity contribution < 1.29 is 14.3 Å². The number of hydrogen-bond acceptors (Lipinski definition) is 5. The first-order valence-electron chi connectivity index (χ1n) is 10.7. The monoisotopic (exact) mass is 434 g/mol. The summed E-state index contributed by atoms with van der Waals surface area (Å²) in [5.41, 5.74) is 1.32. The van der Waals surface area contributed by atoms with E-state index in [4.69, 9.17) is 4.74 Å². The minimum absolute atomic E-state index is 0.000401. The van der Waals surface area contributed by atoms with Crippen molar-refractivity contribution >= 4 is 35.3 Å². The molecule has 2 amide bonds. The van der Waals surface area contributed by atoms with Gasteiger partial charge in [-0.25, -0.2) is 0 Å². The molecule has 0 N–H and O–H groups in total. The van der Waals surface area contributed by atoms with Crippen LogP contribution in [-0.2, 0) is 9.59 Å². The Hall–Kier alpha value is -1.34. The van der Waals surface area contributed by atoms with E-state index in [-0.39, 0.29) is 18.4 Å². The smallest absolute Gasteiger partial charge is 0.260 e. The molecule has 158 valence electrons. The third kappa shape index (κ3) is 5.43. The highest BCUT2D eigenvalue weighted by Gasteiger charge is 2.30. The molecular weight excluding hydrogens is 404 g/mol. The number of nitrogens with zero attached hydrogens (tertiary/aromatic N) is 2. The number of ether oxygens (including phenoxy) is 1. The van der Waals surface area contributed by atoms with Gasteiger partial charge < -0.3 is 14.5 Å². The van der Waals surface area contributed by atoms with Crippen molar-refractivity contribution in [2.24, 2.45) is 5.92 Å². The van der Waals surface area contributed by atoms with E-state index in [0.717, 1.165) is 18.6 Å². The first kappa shape index (κ1) is 20.9. The van der Waals surface area contributed by atoms with Crippen LogP contribution in [0.3, 0.4) is 0 Å². The van der Waals surface area contributed by atoms with Gasteiger partial charge in [-0.05, 0) is 48.5 Å². The van der Waals surface area contributed by atoms with Crippen molar-refractivity contribution in [1.82, 2.24) is 9.80 Å². The van der Waals surface area contributed by atoms with E-state index in [9.17, 15) is 9.59 Å². The Bertz CT molecular complexity index is 693. The number of amides is 2. The third-order valence-corrected chi connectivity index (χ3v) is 9.01. The van der Waals surface area contributed by atoms with E-state index in [0.29, 0.717) is 36.7 Å². The maximum Gasteiger partial charge on any atom is 0.260 e. The minimum atomic E-state index is 0.000401. The molecule has 0 bridgehead atoms. The number of carbonyl (C=O) groups is 2. The van der Waals surface area contributed by atoms with Gasteiger partial charge in [0, 0.05) is 32.1 Å². The molecule has 3 fully saturated rings. The largest absolute Gasteiger partial charge is 0.484 e. The highest BCUT2D eigenvalue weighted by molar-refractivity contribution is 8.16. The summed E-state index contributed by atoms with van der Waals surface area (Å²) in [6.45, 7) is 2.56. The lowest BCUT2D eigenvalue weighted by atomic mass is 10.1. The van der Waals surface area contributed by atoms with Gasteiger partial charge >= 0.3 is 0 Å². The lowest BCUT2D eigenvalue weighted by molar-refractivity contribution is -0.142. The topological polar surface area (TPSA) is 49.9 Å². The highest BCUT2D eigenvalue weighted by Crippen LogP contribution is 2.43. The molecule has 1 aliphatic carbocycles. The summed E-state index contributed by atoms with van der Waals surface area (Å²) in [6.07, 6.45) is 5.70. The molecule has 1 aromatic rings. The van der Waals surface area contributed by atoms with Gasteiger partial charge in [-0.3, -0.25) is 9.59 Å². The van der Waals surface area contributed by atoms with Gasteiger partial charge in [-0.2, -0.15) is 0 Å². The van der Waals surface area contributed by atoms with E-state index < -0.39 is 0 Å². The van der Waals surface area contributed by atoms with Gasteiger partial charge in [0.05, 0.1) is 4.58 Å². The van der Waals surface area contributed by atoms with Gasteiger partial charge in [0.15, 0.2) is 6.61 Å². The lowest BCUT2D eigenvalue weighted by Gasteiger charge is -2.36. The molecule has 1 saturated carbocycles. The zero-order valence-corrected chi connectivity index (χ0v) is 18.5. The standard InChI is InChI=1S/C22H30N2O3S2/c25-20(23-10-12-24(13-11-23)21(26)17-4-1-2-5-17)16-27-19-8-6-18(7-9-19)22-28-14-3-15-29-22/h6-9,17,22H,1-5,10-16H2. The quantitative estimate of drug-likeness (QED) is 0.706.